The van der Waals surface area contributed by atoms with E-state index in [9.17, 15) is 8.78 Å². The Morgan fingerprint density at radius 2 is 1.90 bits per heavy atom. The van der Waals surface area contributed by atoms with E-state index in [0.29, 0.717) is 18.0 Å². The van der Waals surface area contributed by atoms with Crippen molar-refractivity contribution in [1.29, 1.82) is 0 Å². The van der Waals surface area contributed by atoms with Gasteiger partial charge in [-0.15, -0.1) is 12.4 Å². The lowest BCUT2D eigenvalue weighted by molar-refractivity contribution is 0.284. The van der Waals surface area contributed by atoms with E-state index in [1.807, 2.05) is 0 Å². The fourth-order valence-electron chi connectivity index (χ4n) is 2.75. The number of hydrogen-bond acceptors (Lipinski definition) is 4. The van der Waals surface area contributed by atoms with Gasteiger partial charge < -0.3 is 10.3 Å². The van der Waals surface area contributed by atoms with E-state index in [0.717, 1.165) is 37.8 Å². The first-order valence-corrected chi connectivity index (χ1v) is 6.64. The van der Waals surface area contributed by atoms with Crippen molar-refractivity contribution < 1.29 is 13.3 Å². The van der Waals surface area contributed by atoms with E-state index in [2.05, 4.69) is 10.1 Å². The average molecular weight is 316 g/mol. The van der Waals surface area contributed by atoms with Gasteiger partial charge >= 0.3 is 0 Å². The predicted octanol–water partition coefficient (Wildman–Crippen LogP) is 3.21. The number of benzene rings is 1. The molecule has 0 amide bonds. The Morgan fingerprint density at radius 3 is 2.52 bits per heavy atom. The number of rotatable bonds is 3. The highest BCUT2D eigenvalue weighted by Gasteiger charge is 2.39. The Labute approximate surface area is 127 Å². The van der Waals surface area contributed by atoms with Crippen LogP contribution in [0.25, 0.3) is 11.4 Å². The Balaban J connectivity index is 0.00000161. The summed E-state index contributed by atoms with van der Waals surface area (Å²) in [7, 11) is 0. The first kappa shape index (κ1) is 15.9. The van der Waals surface area contributed by atoms with Crippen LogP contribution in [0.3, 0.4) is 0 Å². The summed E-state index contributed by atoms with van der Waals surface area (Å²) in [6, 6.07) is 3.54. The minimum Gasteiger partial charge on any atom is -0.338 e. The van der Waals surface area contributed by atoms with Crippen LogP contribution in [-0.4, -0.2) is 16.7 Å². The van der Waals surface area contributed by atoms with Crippen molar-refractivity contribution in [1.82, 2.24) is 10.1 Å². The van der Waals surface area contributed by atoms with Crippen molar-refractivity contribution in [2.24, 2.45) is 5.73 Å². The van der Waals surface area contributed by atoms with Crippen molar-refractivity contribution in [3.8, 4) is 11.4 Å². The summed E-state index contributed by atoms with van der Waals surface area (Å²) in [6.45, 7) is 0.451. The third-order valence-corrected chi connectivity index (χ3v) is 4.01. The van der Waals surface area contributed by atoms with Gasteiger partial charge in [0.2, 0.25) is 11.7 Å². The van der Waals surface area contributed by atoms with Crippen LogP contribution in [0.5, 0.6) is 0 Å². The van der Waals surface area contributed by atoms with Crippen LogP contribution in [0, 0.1) is 11.6 Å². The lowest BCUT2D eigenvalue weighted by atomic mass is 9.86. The van der Waals surface area contributed by atoms with Crippen molar-refractivity contribution in [2.75, 3.05) is 6.54 Å². The van der Waals surface area contributed by atoms with E-state index in [1.165, 1.54) is 6.07 Å². The number of halogens is 3. The third kappa shape index (κ3) is 2.78. The van der Waals surface area contributed by atoms with Gasteiger partial charge in [0.25, 0.3) is 0 Å². The molecule has 0 radical (unpaired) electrons. The first-order valence-electron chi connectivity index (χ1n) is 6.64. The van der Waals surface area contributed by atoms with Gasteiger partial charge in [-0.1, -0.05) is 18.0 Å². The van der Waals surface area contributed by atoms with Gasteiger partial charge in [-0.3, -0.25) is 0 Å². The third-order valence-electron chi connectivity index (χ3n) is 4.01. The highest BCUT2D eigenvalue weighted by molar-refractivity contribution is 5.85. The largest absolute Gasteiger partial charge is 0.338 e. The maximum Gasteiger partial charge on any atom is 0.234 e. The minimum absolute atomic E-state index is 0. The van der Waals surface area contributed by atoms with E-state index in [1.54, 1.807) is 0 Å². The molecule has 2 N–H and O–H groups in total. The topological polar surface area (TPSA) is 64.9 Å². The lowest BCUT2D eigenvalue weighted by Gasteiger charge is -2.21. The minimum atomic E-state index is -0.928. The molecular formula is C14H16ClF2N3O. The molecule has 0 bridgehead atoms. The molecule has 1 aliphatic carbocycles. The normalized spacial score (nSPS) is 16.7. The zero-order valence-electron chi connectivity index (χ0n) is 11.3. The van der Waals surface area contributed by atoms with Crippen LogP contribution in [0.15, 0.2) is 22.7 Å². The van der Waals surface area contributed by atoms with Gasteiger partial charge in [0, 0.05) is 12.1 Å². The number of aromatic nitrogens is 2. The van der Waals surface area contributed by atoms with Crippen molar-refractivity contribution in [3.63, 3.8) is 0 Å². The van der Waals surface area contributed by atoms with E-state index in [-0.39, 0.29) is 23.6 Å². The lowest BCUT2D eigenvalue weighted by Crippen LogP contribution is -2.32. The highest BCUT2D eigenvalue weighted by atomic mass is 35.5. The molecular weight excluding hydrogens is 300 g/mol. The summed E-state index contributed by atoms with van der Waals surface area (Å²) in [5.74, 6) is -1.06. The summed E-state index contributed by atoms with van der Waals surface area (Å²) in [4.78, 5) is 4.33. The molecule has 1 heterocycles. The molecule has 21 heavy (non-hydrogen) atoms. The first-order chi connectivity index (χ1) is 9.64. The Morgan fingerprint density at radius 1 is 1.19 bits per heavy atom. The molecule has 1 saturated carbocycles. The Bertz CT molecular complexity index is 626. The summed E-state index contributed by atoms with van der Waals surface area (Å²) < 4.78 is 31.5. The standard InChI is InChI=1S/C14H15F2N3O.ClH/c15-10-4-3-9(7-11(10)16)12-18-13(20-19-12)14(8-17)5-1-2-6-14;/h3-4,7H,1-2,5-6,8,17H2;1H. The van der Waals surface area contributed by atoms with Crippen LogP contribution in [0.4, 0.5) is 8.78 Å². The van der Waals surface area contributed by atoms with Gasteiger partial charge in [-0.25, -0.2) is 8.78 Å². The zero-order chi connectivity index (χ0) is 14.2. The van der Waals surface area contributed by atoms with Crippen LogP contribution < -0.4 is 5.73 Å². The fraction of sp³-hybridized carbons (Fsp3) is 0.429. The molecule has 1 aromatic carbocycles. The van der Waals surface area contributed by atoms with Gasteiger partial charge in [-0.05, 0) is 31.0 Å². The summed E-state index contributed by atoms with van der Waals surface area (Å²) in [5, 5.41) is 3.86. The summed E-state index contributed by atoms with van der Waals surface area (Å²) in [5.41, 5.74) is 5.99. The number of nitrogens with zero attached hydrogens (tertiary/aromatic N) is 2. The molecule has 3 rings (SSSR count). The second-order valence-corrected chi connectivity index (χ2v) is 5.24. The zero-order valence-corrected chi connectivity index (χ0v) is 12.1. The Hall–Kier alpha value is -1.53. The van der Waals surface area contributed by atoms with Crippen molar-refractivity contribution in [2.45, 2.75) is 31.1 Å². The molecule has 0 atom stereocenters. The molecule has 0 saturated heterocycles. The van der Waals surface area contributed by atoms with Crippen LogP contribution >= 0.6 is 12.4 Å². The van der Waals surface area contributed by atoms with Gasteiger partial charge in [0.05, 0.1) is 5.41 Å². The molecule has 0 unspecified atom stereocenters. The molecule has 4 nitrogen and oxygen atoms in total. The molecule has 0 spiro atoms. The average Bonchev–Trinajstić information content (AvgIpc) is 3.10. The molecule has 114 valence electrons. The van der Waals surface area contributed by atoms with E-state index >= 15 is 0 Å². The molecule has 0 aliphatic heterocycles. The van der Waals surface area contributed by atoms with Gasteiger partial charge in [0.1, 0.15) is 0 Å². The molecule has 1 fully saturated rings. The van der Waals surface area contributed by atoms with Crippen LogP contribution in [0.2, 0.25) is 0 Å². The van der Waals surface area contributed by atoms with Crippen LogP contribution in [0.1, 0.15) is 31.6 Å². The predicted molar refractivity (Wildman–Crippen MR) is 76.1 cm³/mol. The number of nitrogens with two attached hydrogens (primary N) is 1. The smallest absolute Gasteiger partial charge is 0.234 e. The Kier molecular flexibility index (Phi) is 4.58. The second kappa shape index (κ2) is 6.07. The fourth-order valence-corrected chi connectivity index (χ4v) is 2.75. The van der Waals surface area contributed by atoms with E-state index < -0.39 is 11.6 Å². The second-order valence-electron chi connectivity index (χ2n) is 5.24. The number of hydrogen-bond donors (Lipinski definition) is 1. The van der Waals surface area contributed by atoms with Crippen LogP contribution in [-0.2, 0) is 5.41 Å². The molecule has 1 aromatic heterocycles. The molecule has 2 aromatic rings. The molecule has 1 aliphatic rings. The van der Waals surface area contributed by atoms with Crippen molar-refractivity contribution in [3.05, 3.63) is 35.7 Å². The monoisotopic (exact) mass is 315 g/mol. The summed E-state index contributed by atoms with van der Waals surface area (Å²) >= 11 is 0. The maximum absolute atomic E-state index is 13.2. The SMILES string of the molecule is Cl.NCC1(c2nc(-c3ccc(F)c(F)c3)no2)CCCC1. The van der Waals surface area contributed by atoms with E-state index in [4.69, 9.17) is 10.3 Å². The van der Waals surface area contributed by atoms with Crippen molar-refractivity contribution >= 4 is 12.4 Å². The van der Waals surface area contributed by atoms with Gasteiger partial charge in [0.15, 0.2) is 11.6 Å². The molecule has 7 heteroatoms. The quantitative estimate of drug-likeness (QED) is 0.944. The van der Waals surface area contributed by atoms with Gasteiger partial charge in [-0.2, -0.15) is 4.98 Å². The summed E-state index contributed by atoms with van der Waals surface area (Å²) in [6.07, 6.45) is 4.01. The highest BCUT2D eigenvalue weighted by Crippen LogP contribution is 2.39. The maximum atomic E-state index is 13.2.